The van der Waals surface area contributed by atoms with Crippen LogP contribution >= 0.6 is 0 Å². The average molecular weight is 430 g/mol. The van der Waals surface area contributed by atoms with E-state index >= 15 is 0 Å². The van der Waals surface area contributed by atoms with Crippen LogP contribution in [0.15, 0.2) is 57.9 Å². The number of hydrogen-bond acceptors (Lipinski definition) is 7. The lowest BCUT2D eigenvalue weighted by atomic mass is 10.2. The van der Waals surface area contributed by atoms with Crippen molar-refractivity contribution in [2.45, 2.75) is 31.6 Å². The predicted octanol–water partition coefficient (Wildman–Crippen LogP) is 3.60. The van der Waals surface area contributed by atoms with Crippen LogP contribution in [-0.4, -0.2) is 40.9 Å². The summed E-state index contributed by atoms with van der Waals surface area (Å²) >= 11 is 0. The molecule has 1 heterocycles. The molecule has 30 heavy (non-hydrogen) atoms. The first-order valence-electron chi connectivity index (χ1n) is 9.45. The van der Waals surface area contributed by atoms with E-state index in [1.165, 1.54) is 28.6 Å². The van der Waals surface area contributed by atoms with Gasteiger partial charge in [0, 0.05) is 37.2 Å². The van der Waals surface area contributed by atoms with E-state index in [4.69, 9.17) is 4.52 Å². The Morgan fingerprint density at radius 3 is 2.33 bits per heavy atom. The van der Waals surface area contributed by atoms with E-state index in [1.54, 1.807) is 24.3 Å². The summed E-state index contributed by atoms with van der Waals surface area (Å²) in [6, 6.07) is 12.6. The third-order valence-corrected chi connectivity index (χ3v) is 6.42. The van der Waals surface area contributed by atoms with Gasteiger partial charge in [0.1, 0.15) is 0 Å². The van der Waals surface area contributed by atoms with E-state index in [-0.39, 0.29) is 23.5 Å². The molecule has 3 rings (SSSR count). The van der Waals surface area contributed by atoms with Crippen molar-refractivity contribution in [3.8, 4) is 11.4 Å². The van der Waals surface area contributed by atoms with Gasteiger partial charge in [0.15, 0.2) is 0 Å². The quantitative estimate of drug-likeness (QED) is 0.376. The maximum atomic E-state index is 13.0. The van der Waals surface area contributed by atoms with Crippen LogP contribution in [0.25, 0.3) is 11.4 Å². The molecule has 0 saturated carbocycles. The number of aromatic nitrogens is 2. The van der Waals surface area contributed by atoms with Crippen LogP contribution in [0.4, 0.5) is 5.69 Å². The zero-order chi connectivity index (χ0) is 21.7. The summed E-state index contributed by atoms with van der Waals surface area (Å²) in [7, 11) is -3.63. The Labute approximate surface area is 174 Å². The fraction of sp³-hybridized carbons (Fsp3) is 0.300. The highest BCUT2D eigenvalue weighted by atomic mass is 32.2. The first-order chi connectivity index (χ1) is 14.3. The zero-order valence-corrected chi connectivity index (χ0v) is 17.5. The number of rotatable bonds is 9. The van der Waals surface area contributed by atoms with E-state index in [0.717, 1.165) is 5.56 Å². The molecule has 2 aromatic carbocycles. The van der Waals surface area contributed by atoms with E-state index in [1.807, 2.05) is 13.8 Å². The first-order valence-corrected chi connectivity index (χ1v) is 10.9. The van der Waals surface area contributed by atoms with Crippen LogP contribution in [0, 0.1) is 17.0 Å². The van der Waals surface area contributed by atoms with Crippen molar-refractivity contribution in [3.63, 3.8) is 0 Å². The molecule has 0 aliphatic heterocycles. The topological polar surface area (TPSA) is 119 Å². The summed E-state index contributed by atoms with van der Waals surface area (Å²) < 4.78 is 32.6. The summed E-state index contributed by atoms with van der Waals surface area (Å²) in [5, 5.41) is 14.6. The number of benzene rings is 2. The zero-order valence-electron chi connectivity index (χ0n) is 16.7. The monoisotopic (exact) mass is 430 g/mol. The smallest absolute Gasteiger partial charge is 0.269 e. The van der Waals surface area contributed by atoms with Crippen LogP contribution in [0.3, 0.4) is 0 Å². The molecule has 0 aliphatic carbocycles. The van der Waals surface area contributed by atoms with Gasteiger partial charge in [-0.15, -0.1) is 0 Å². The molecule has 0 N–H and O–H groups in total. The second kappa shape index (κ2) is 9.14. The SMILES string of the molecule is CCCN(CCc1nc(-c2ccc([N+](=O)[O-])cc2)no1)S(=O)(=O)c1ccc(C)cc1. The van der Waals surface area contributed by atoms with Crippen LogP contribution < -0.4 is 0 Å². The number of hydrogen-bond donors (Lipinski definition) is 0. The maximum Gasteiger partial charge on any atom is 0.269 e. The lowest BCUT2D eigenvalue weighted by Gasteiger charge is -2.21. The van der Waals surface area contributed by atoms with E-state index in [0.29, 0.717) is 30.2 Å². The molecule has 0 fully saturated rings. The molecule has 0 bridgehead atoms. The molecule has 0 spiro atoms. The maximum absolute atomic E-state index is 13.0. The van der Waals surface area contributed by atoms with Gasteiger partial charge in [-0.25, -0.2) is 8.42 Å². The number of non-ortho nitro benzene ring substituents is 1. The Balaban J connectivity index is 1.72. The summed E-state index contributed by atoms with van der Waals surface area (Å²) in [6.07, 6.45) is 0.925. The number of nitro groups is 1. The molecule has 0 saturated heterocycles. The van der Waals surface area contributed by atoms with E-state index < -0.39 is 14.9 Å². The number of nitro benzene ring substituents is 1. The largest absolute Gasteiger partial charge is 0.339 e. The molecule has 1 aromatic heterocycles. The number of sulfonamides is 1. The molecule has 0 amide bonds. The van der Waals surface area contributed by atoms with Crippen molar-refractivity contribution in [2.24, 2.45) is 0 Å². The summed E-state index contributed by atoms with van der Waals surface area (Å²) in [5.74, 6) is 0.590. The highest BCUT2D eigenvalue weighted by Crippen LogP contribution is 2.21. The standard InChI is InChI=1S/C20H22N4O5S/c1-3-13-23(30(27,28)18-10-4-15(2)5-11-18)14-12-19-21-20(22-29-19)16-6-8-17(9-7-16)24(25)26/h4-11H,3,12-14H2,1-2H3. The van der Waals surface area contributed by atoms with Gasteiger partial charge in [-0.05, 0) is 37.6 Å². The van der Waals surface area contributed by atoms with E-state index in [9.17, 15) is 18.5 Å². The molecular weight excluding hydrogens is 408 g/mol. The van der Waals surface area contributed by atoms with Crippen molar-refractivity contribution in [3.05, 3.63) is 70.1 Å². The van der Waals surface area contributed by atoms with Gasteiger partial charge in [0.2, 0.25) is 21.7 Å². The first kappa shape index (κ1) is 21.6. The Kier molecular flexibility index (Phi) is 6.58. The van der Waals surface area contributed by atoms with Crippen molar-refractivity contribution < 1.29 is 17.9 Å². The lowest BCUT2D eigenvalue weighted by molar-refractivity contribution is -0.384. The van der Waals surface area contributed by atoms with Crippen LogP contribution in [0.2, 0.25) is 0 Å². The van der Waals surface area contributed by atoms with Gasteiger partial charge in [-0.3, -0.25) is 10.1 Å². The van der Waals surface area contributed by atoms with Crippen molar-refractivity contribution in [2.75, 3.05) is 13.1 Å². The molecule has 0 atom stereocenters. The molecular formula is C20H22N4O5S. The molecule has 0 radical (unpaired) electrons. The highest BCUT2D eigenvalue weighted by Gasteiger charge is 2.24. The second-order valence-corrected chi connectivity index (χ2v) is 8.72. The highest BCUT2D eigenvalue weighted by molar-refractivity contribution is 7.89. The minimum atomic E-state index is -3.63. The average Bonchev–Trinajstić information content (AvgIpc) is 3.20. The third kappa shape index (κ3) is 4.89. The minimum Gasteiger partial charge on any atom is -0.339 e. The summed E-state index contributed by atoms with van der Waals surface area (Å²) in [4.78, 5) is 14.8. The lowest BCUT2D eigenvalue weighted by Crippen LogP contribution is -2.33. The third-order valence-electron chi connectivity index (χ3n) is 4.51. The van der Waals surface area contributed by atoms with Crippen molar-refractivity contribution >= 4 is 15.7 Å². The predicted molar refractivity (Wildman–Crippen MR) is 110 cm³/mol. The fourth-order valence-corrected chi connectivity index (χ4v) is 4.42. The van der Waals surface area contributed by atoms with Gasteiger partial charge < -0.3 is 4.52 Å². The number of aryl methyl sites for hydroxylation is 1. The van der Waals surface area contributed by atoms with Gasteiger partial charge >= 0.3 is 0 Å². The van der Waals surface area contributed by atoms with Crippen molar-refractivity contribution in [1.82, 2.24) is 14.4 Å². The van der Waals surface area contributed by atoms with Crippen LogP contribution in [0.5, 0.6) is 0 Å². The fourth-order valence-electron chi connectivity index (χ4n) is 2.89. The van der Waals surface area contributed by atoms with Crippen molar-refractivity contribution in [1.29, 1.82) is 0 Å². The summed E-state index contributed by atoms with van der Waals surface area (Å²) in [6.45, 7) is 4.39. The van der Waals surface area contributed by atoms with Crippen LogP contribution in [0.1, 0.15) is 24.8 Å². The Morgan fingerprint density at radius 1 is 1.07 bits per heavy atom. The normalized spacial score (nSPS) is 11.7. The molecule has 0 aliphatic rings. The van der Waals surface area contributed by atoms with E-state index in [2.05, 4.69) is 10.1 Å². The van der Waals surface area contributed by atoms with Gasteiger partial charge in [0.05, 0.1) is 9.82 Å². The molecule has 158 valence electrons. The second-order valence-electron chi connectivity index (χ2n) is 6.78. The van der Waals surface area contributed by atoms with Gasteiger partial charge in [-0.1, -0.05) is 29.8 Å². The minimum absolute atomic E-state index is 0.0287. The Hall–Kier alpha value is -3.11. The van der Waals surface area contributed by atoms with Gasteiger partial charge in [-0.2, -0.15) is 9.29 Å². The number of nitrogens with zero attached hydrogens (tertiary/aromatic N) is 4. The summed E-state index contributed by atoms with van der Waals surface area (Å²) in [5.41, 5.74) is 1.54. The molecule has 3 aromatic rings. The molecule has 10 heteroatoms. The Morgan fingerprint density at radius 2 is 1.73 bits per heavy atom. The molecule has 0 unspecified atom stereocenters. The Bertz CT molecular complexity index is 1110. The molecule has 9 nitrogen and oxygen atoms in total. The van der Waals surface area contributed by atoms with Crippen LogP contribution in [-0.2, 0) is 16.4 Å². The van der Waals surface area contributed by atoms with Gasteiger partial charge in [0.25, 0.3) is 5.69 Å².